The molecule has 0 unspecified atom stereocenters. The lowest BCUT2D eigenvalue weighted by atomic mass is 10.1. The third kappa shape index (κ3) is 8.13. The van der Waals surface area contributed by atoms with E-state index >= 15 is 0 Å². The summed E-state index contributed by atoms with van der Waals surface area (Å²) < 4.78 is 1.02. The Morgan fingerprint density at radius 3 is 2.65 bits per heavy atom. The molecular formula is C16H28N4OS2. The van der Waals surface area contributed by atoms with Crippen LogP contribution in [0.5, 0.6) is 0 Å². The summed E-state index contributed by atoms with van der Waals surface area (Å²) in [6, 6.07) is 0. The molecule has 23 heavy (non-hydrogen) atoms. The number of hydrogen-bond acceptors (Lipinski definition) is 6. The fourth-order valence-electron chi connectivity index (χ4n) is 2.68. The average molecular weight is 357 g/mol. The molecule has 1 aliphatic rings. The van der Waals surface area contributed by atoms with Crippen molar-refractivity contribution in [3.8, 4) is 0 Å². The van der Waals surface area contributed by atoms with Crippen molar-refractivity contribution < 1.29 is 4.79 Å². The van der Waals surface area contributed by atoms with Crippen LogP contribution in [0.3, 0.4) is 0 Å². The second-order valence-electron chi connectivity index (χ2n) is 6.00. The van der Waals surface area contributed by atoms with E-state index in [9.17, 15) is 4.79 Å². The second-order valence-corrected chi connectivity index (χ2v) is 8.52. The van der Waals surface area contributed by atoms with Gasteiger partial charge in [0.05, 0.1) is 0 Å². The molecule has 1 fully saturated rings. The van der Waals surface area contributed by atoms with E-state index < -0.39 is 0 Å². The van der Waals surface area contributed by atoms with Crippen LogP contribution < -0.4 is 5.32 Å². The molecule has 0 aromatic carbocycles. The van der Waals surface area contributed by atoms with E-state index in [1.54, 1.807) is 23.1 Å². The van der Waals surface area contributed by atoms with Crippen LogP contribution in [0.4, 0.5) is 0 Å². The number of hydrogen-bond donors (Lipinski definition) is 1. The monoisotopic (exact) mass is 356 g/mol. The number of amides is 1. The molecule has 1 saturated heterocycles. The number of nitrogens with one attached hydrogen (secondary N) is 1. The molecular weight excluding hydrogens is 328 g/mol. The minimum Gasteiger partial charge on any atom is -0.356 e. The molecule has 2 heterocycles. The number of carbonyl (C=O) groups is 1. The summed E-state index contributed by atoms with van der Waals surface area (Å²) in [6.45, 7) is 5.94. The van der Waals surface area contributed by atoms with Gasteiger partial charge in [-0.1, -0.05) is 42.4 Å². The fourth-order valence-corrected chi connectivity index (χ4v) is 4.51. The van der Waals surface area contributed by atoms with E-state index in [4.69, 9.17) is 0 Å². The van der Waals surface area contributed by atoms with Gasteiger partial charge in [0.1, 0.15) is 5.01 Å². The predicted molar refractivity (Wildman–Crippen MR) is 97.1 cm³/mol. The SMILES string of the molecule is Cc1nnc(SCCCNC(=O)CCN2CCCCCCC2)s1. The van der Waals surface area contributed by atoms with Crippen molar-refractivity contribution in [1.29, 1.82) is 0 Å². The maximum atomic E-state index is 11.9. The summed E-state index contributed by atoms with van der Waals surface area (Å²) in [4.78, 5) is 14.4. The number of carbonyl (C=O) groups excluding carboxylic acids is 1. The standard InChI is InChI=1S/C16H28N4OS2/c1-14-18-19-16(23-14)22-13-7-9-17-15(21)8-12-20-10-5-3-2-4-6-11-20/h2-13H2,1H3,(H,17,21). The van der Waals surface area contributed by atoms with Gasteiger partial charge in [0, 0.05) is 25.3 Å². The zero-order valence-electron chi connectivity index (χ0n) is 14.1. The maximum absolute atomic E-state index is 11.9. The van der Waals surface area contributed by atoms with Crippen LogP contribution in [-0.4, -0.2) is 52.9 Å². The van der Waals surface area contributed by atoms with Gasteiger partial charge in [0.15, 0.2) is 4.34 Å². The minimum atomic E-state index is 0.184. The van der Waals surface area contributed by atoms with Crippen molar-refractivity contribution in [2.75, 3.05) is 31.9 Å². The molecule has 0 spiro atoms. The Morgan fingerprint density at radius 1 is 1.22 bits per heavy atom. The van der Waals surface area contributed by atoms with Crippen LogP contribution >= 0.6 is 23.1 Å². The molecule has 0 bridgehead atoms. The van der Waals surface area contributed by atoms with Crippen molar-refractivity contribution >= 4 is 29.0 Å². The largest absolute Gasteiger partial charge is 0.356 e. The highest BCUT2D eigenvalue weighted by atomic mass is 32.2. The van der Waals surface area contributed by atoms with Gasteiger partial charge in [-0.3, -0.25) is 4.79 Å². The normalized spacial score (nSPS) is 16.7. The third-order valence-electron chi connectivity index (χ3n) is 3.98. The van der Waals surface area contributed by atoms with E-state index in [-0.39, 0.29) is 5.91 Å². The van der Waals surface area contributed by atoms with Crippen molar-refractivity contribution in [2.45, 2.75) is 56.2 Å². The van der Waals surface area contributed by atoms with E-state index in [2.05, 4.69) is 20.4 Å². The van der Waals surface area contributed by atoms with Gasteiger partial charge < -0.3 is 10.2 Å². The average Bonchev–Trinajstić information content (AvgIpc) is 2.91. The quantitative estimate of drug-likeness (QED) is 0.573. The van der Waals surface area contributed by atoms with Gasteiger partial charge in [-0.15, -0.1) is 10.2 Å². The Labute approximate surface area is 147 Å². The van der Waals surface area contributed by atoms with E-state index in [1.807, 2.05) is 6.92 Å². The first-order valence-corrected chi connectivity index (χ1v) is 10.5. The topological polar surface area (TPSA) is 58.1 Å². The highest BCUT2D eigenvalue weighted by Gasteiger charge is 2.10. The van der Waals surface area contributed by atoms with Gasteiger partial charge in [0.25, 0.3) is 0 Å². The molecule has 130 valence electrons. The number of rotatable bonds is 8. The summed E-state index contributed by atoms with van der Waals surface area (Å²) in [5.41, 5.74) is 0. The minimum absolute atomic E-state index is 0.184. The van der Waals surface area contributed by atoms with E-state index in [0.29, 0.717) is 6.42 Å². The highest BCUT2D eigenvalue weighted by Crippen LogP contribution is 2.21. The summed E-state index contributed by atoms with van der Waals surface area (Å²) in [5, 5.41) is 12.1. The number of aryl methyl sites for hydroxylation is 1. The Balaban J connectivity index is 1.49. The molecule has 1 amide bonds. The first kappa shape index (κ1) is 18.7. The van der Waals surface area contributed by atoms with Gasteiger partial charge >= 0.3 is 0 Å². The lowest BCUT2D eigenvalue weighted by Crippen LogP contribution is -2.33. The van der Waals surface area contributed by atoms with Crippen molar-refractivity contribution in [2.24, 2.45) is 0 Å². The summed E-state index contributed by atoms with van der Waals surface area (Å²) in [5.74, 6) is 1.16. The first-order chi connectivity index (χ1) is 11.2. The predicted octanol–water partition coefficient (Wildman–Crippen LogP) is 3.10. The number of thioether (sulfide) groups is 1. The smallest absolute Gasteiger partial charge is 0.221 e. The molecule has 1 aliphatic heterocycles. The zero-order chi connectivity index (χ0) is 16.3. The van der Waals surface area contributed by atoms with Crippen LogP contribution in [0.2, 0.25) is 0 Å². The molecule has 0 radical (unpaired) electrons. The molecule has 5 nitrogen and oxygen atoms in total. The van der Waals surface area contributed by atoms with Crippen LogP contribution in [0, 0.1) is 6.92 Å². The Morgan fingerprint density at radius 2 is 1.96 bits per heavy atom. The number of aromatic nitrogens is 2. The van der Waals surface area contributed by atoms with Crippen molar-refractivity contribution in [3.05, 3.63) is 5.01 Å². The molecule has 7 heteroatoms. The second kappa shape index (κ2) is 11.0. The van der Waals surface area contributed by atoms with Crippen molar-refractivity contribution in [3.63, 3.8) is 0 Å². The molecule has 2 rings (SSSR count). The molecule has 1 aromatic heterocycles. The van der Waals surface area contributed by atoms with Crippen LogP contribution in [0.15, 0.2) is 4.34 Å². The molecule has 1 N–H and O–H groups in total. The summed E-state index contributed by atoms with van der Waals surface area (Å²) >= 11 is 3.35. The number of likely N-dealkylation sites (tertiary alicyclic amines) is 1. The molecule has 0 aliphatic carbocycles. The van der Waals surface area contributed by atoms with Gasteiger partial charge in [-0.25, -0.2) is 0 Å². The van der Waals surface area contributed by atoms with Crippen LogP contribution in [0.25, 0.3) is 0 Å². The maximum Gasteiger partial charge on any atom is 0.221 e. The lowest BCUT2D eigenvalue weighted by molar-refractivity contribution is -0.121. The van der Waals surface area contributed by atoms with Gasteiger partial charge in [-0.05, 0) is 39.3 Å². The van der Waals surface area contributed by atoms with E-state index in [1.165, 1.54) is 32.1 Å². The Kier molecular flexibility index (Phi) is 8.93. The highest BCUT2D eigenvalue weighted by molar-refractivity contribution is 8.01. The third-order valence-corrected chi connectivity index (χ3v) is 6.04. The van der Waals surface area contributed by atoms with Crippen LogP contribution in [0.1, 0.15) is 50.0 Å². The van der Waals surface area contributed by atoms with Crippen molar-refractivity contribution in [1.82, 2.24) is 20.4 Å². The first-order valence-electron chi connectivity index (χ1n) is 8.66. The van der Waals surface area contributed by atoms with Gasteiger partial charge in [0.2, 0.25) is 5.91 Å². The lowest BCUT2D eigenvalue weighted by Gasteiger charge is -2.24. The Hall–Kier alpha value is -0.660. The Bertz CT molecular complexity index is 459. The zero-order valence-corrected chi connectivity index (χ0v) is 15.7. The number of nitrogens with zero attached hydrogens (tertiary/aromatic N) is 3. The fraction of sp³-hybridized carbons (Fsp3) is 0.812. The van der Waals surface area contributed by atoms with E-state index in [0.717, 1.165) is 47.7 Å². The molecule has 0 saturated carbocycles. The summed E-state index contributed by atoms with van der Waals surface area (Å²) in [6.07, 6.45) is 8.22. The molecule has 0 atom stereocenters. The van der Waals surface area contributed by atoms with Gasteiger partial charge in [-0.2, -0.15) is 0 Å². The summed E-state index contributed by atoms with van der Waals surface area (Å²) in [7, 11) is 0. The molecule has 1 aromatic rings. The van der Waals surface area contributed by atoms with Crippen LogP contribution in [-0.2, 0) is 4.79 Å².